The van der Waals surface area contributed by atoms with Crippen molar-refractivity contribution in [2.75, 3.05) is 0 Å². The third-order valence-electron chi connectivity index (χ3n) is 2.70. The Kier molecular flexibility index (Phi) is 2.76. The Bertz CT molecular complexity index is 167. The molecule has 0 bridgehead atoms. The minimum atomic E-state index is 0.146. The molecule has 12 heavy (non-hydrogen) atoms. The van der Waals surface area contributed by atoms with Crippen molar-refractivity contribution in [2.45, 2.75) is 52.6 Å². The Hall–Kier alpha value is -0.530. The standard InChI is InChI=1S/C10H19NO/c1-7(2)10(12)11-8(3)5-6-9(11)4/h7-9H,5-6H2,1-4H3/t8-,9-/m1/s1. The van der Waals surface area contributed by atoms with Gasteiger partial charge in [0.15, 0.2) is 0 Å². The van der Waals surface area contributed by atoms with Gasteiger partial charge in [-0.05, 0) is 26.7 Å². The first-order valence-electron chi connectivity index (χ1n) is 4.86. The van der Waals surface area contributed by atoms with E-state index in [1.807, 2.05) is 18.7 Å². The van der Waals surface area contributed by atoms with Gasteiger partial charge in [0.2, 0.25) is 5.91 Å². The van der Waals surface area contributed by atoms with E-state index in [4.69, 9.17) is 0 Å². The summed E-state index contributed by atoms with van der Waals surface area (Å²) >= 11 is 0. The number of hydrogen-bond donors (Lipinski definition) is 0. The predicted molar refractivity (Wildman–Crippen MR) is 49.8 cm³/mol. The molecule has 0 aromatic carbocycles. The van der Waals surface area contributed by atoms with Crippen LogP contribution in [-0.4, -0.2) is 22.9 Å². The van der Waals surface area contributed by atoms with Crippen LogP contribution in [0.1, 0.15) is 40.5 Å². The highest BCUT2D eigenvalue weighted by Gasteiger charge is 2.32. The van der Waals surface area contributed by atoms with E-state index in [2.05, 4.69) is 13.8 Å². The fraction of sp³-hybridized carbons (Fsp3) is 0.900. The first kappa shape index (κ1) is 9.56. The van der Waals surface area contributed by atoms with Crippen molar-refractivity contribution >= 4 is 5.91 Å². The van der Waals surface area contributed by atoms with Crippen LogP contribution in [-0.2, 0) is 4.79 Å². The molecule has 2 atom stereocenters. The van der Waals surface area contributed by atoms with Crippen LogP contribution < -0.4 is 0 Å². The summed E-state index contributed by atoms with van der Waals surface area (Å²) in [6.45, 7) is 8.23. The summed E-state index contributed by atoms with van der Waals surface area (Å²) in [6.07, 6.45) is 2.33. The summed E-state index contributed by atoms with van der Waals surface area (Å²) in [7, 11) is 0. The van der Waals surface area contributed by atoms with Gasteiger partial charge in [-0.3, -0.25) is 4.79 Å². The lowest BCUT2D eigenvalue weighted by molar-refractivity contribution is -0.136. The Labute approximate surface area is 74.9 Å². The van der Waals surface area contributed by atoms with Gasteiger partial charge in [-0.1, -0.05) is 13.8 Å². The average Bonchev–Trinajstić information content (AvgIpc) is 2.30. The van der Waals surface area contributed by atoms with Crippen LogP contribution in [0.25, 0.3) is 0 Å². The largest absolute Gasteiger partial charge is 0.337 e. The first-order chi connectivity index (χ1) is 5.54. The van der Waals surface area contributed by atoms with Crippen LogP contribution in [0, 0.1) is 5.92 Å². The summed E-state index contributed by atoms with van der Waals surface area (Å²) in [5.41, 5.74) is 0. The molecule has 0 aliphatic carbocycles. The lowest BCUT2D eigenvalue weighted by Crippen LogP contribution is -2.40. The molecule has 1 aliphatic heterocycles. The van der Waals surface area contributed by atoms with Gasteiger partial charge in [0.05, 0.1) is 0 Å². The summed E-state index contributed by atoms with van der Waals surface area (Å²) in [5.74, 6) is 0.459. The summed E-state index contributed by atoms with van der Waals surface area (Å²) in [6, 6.07) is 0.907. The van der Waals surface area contributed by atoms with E-state index in [-0.39, 0.29) is 5.92 Å². The zero-order chi connectivity index (χ0) is 9.30. The summed E-state index contributed by atoms with van der Waals surface area (Å²) < 4.78 is 0. The smallest absolute Gasteiger partial charge is 0.225 e. The molecule has 0 spiro atoms. The lowest BCUT2D eigenvalue weighted by Gasteiger charge is -2.28. The average molecular weight is 169 g/mol. The van der Waals surface area contributed by atoms with Crippen molar-refractivity contribution in [3.8, 4) is 0 Å². The van der Waals surface area contributed by atoms with Gasteiger partial charge in [-0.25, -0.2) is 0 Å². The number of likely N-dealkylation sites (tertiary alicyclic amines) is 1. The highest BCUT2D eigenvalue weighted by Crippen LogP contribution is 2.24. The highest BCUT2D eigenvalue weighted by molar-refractivity contribution is 5.79. The molecule has 0 N–H and O–H groups in total. The van der Waals surface area contributed by atoms with E-state index in [0.717, 1.165) is 0 Å². The van der Waals surface area contributed by atoms with E-state index in [1.54, 1.807) is 0 Å². The van der Waals surface area contributed by atoms with E-state index in [1.165, 1.54) is 12.8 Å². The molecule has 1 aliphatic rings. The summed E-state index contributed by atoms with van der Waals surface area (Å²) in [5, 5.41) is 0. The molecule has 2 heteroatoms. The van der Waals surface area contributed by atoms with E-state index in [9.17, 15) is 4.79 Å². The maximum absolute atomic E-state index is 11.7. The van der Waals surface area contributed by atoms with Gasteiger partial charge < -0.3 is 4.90 Å². The van der Waals surface area contributed by atoms with Crippen LogP contribution in [0.15, 0.2) is 0 Å². The number of rotatable bonds is 1. The Morgan fingerprint density at radius 2 is 1.67 bits per heavy atom. The molecule has 2 nitrogen and oxygen atoms in total. The van der Waals surface area contributed by atoms with Gasteiger partial charge in [0.1, 0.15) is 0 Å². The van der Waals surface area contributed by atoms with Crippen LogP contribution in [0.4, 0.5) is 0 Å². The SMILES string of the molecule is CC(C)C(=O)N1[C@H](C)CC[C@H]1C. The number of carbonyl (C=O) groups excluding carboxylic acids is 1. The van der Waals surface area contributed by atoms with Crippen molar-refractivity contribution in [1.82, 2.24) is 4.90 Å². The lowest BCUT2D eigenvalue weighted by atomic mass is 10.1. The van der Waals surface area contributed by atoms with Gasteiger partial charge in [0.25, 0.3) is 0 Å². The fourth-order valence-electron chi connectivity index (χ4n) is 1.93. The number of nitrogens with zero attached hydrogens (tertiary/aromatic N) is 1. The molecular weight excluding hydrogens is 150 g/mol. The zero-order valence-electron chi connectivity index (χ0n) is 8.50. The maximum atomic E-state index is 11.7. The van der Waals surface area contributed by atoms with Crippen LogP contribution in [0.2, 0.25) is 0 Å². The Morgan fingerprint density at radius 1 is 1.25 bits per heavy atom. The molecule has 0 aromatic heterocycles. The molecule has 70 valence electrons. The van der Waals surface area contributed by atoms with Gasteiger partial charge in [-0.2, -0.15) is 0 Å². The highest BCUT2D eigenvalue weighted by atomic mass is 16.2. The van der Waals surface area contributed by atoms with Crippen LogP contribution >= 0.6 is 0 Å². The number of amides is 1. The third kappa shape index (κ3) is 1.62. The summed E-state index contributed by atoms with van der Waals surface area (Å²) in [4.78, 5) is 13.7. The predicted octanol–water partition coefficient (Wildman–Crippen LogP) is 2.04. The second kappa shape index (κ2) is 3.46. The quantitative estimate of drug-likeness (QED) is 0.588. The number of hydrogen-bond acceptors (Lipinski definition) is 1. The van der Waals surface area contributed by atoms with Crippen LogP contribution in [0.5, 0.6) is 0 Å². The maximum Gasteiger partial charge on any atom is 0.225 e. The zero-order valence-corrected chi connectivity index (χ0v) is 8.50. The van der Waals surface area contributed by atoms with Crippen molar-refractivity contribution in [1.29, 1.82) is 0 Å². The molecule has 1 fully saturated rings. The topological polar surface area (TPSA) is 20.3 Å². The number of carbonyl (C=O) groups is 1. The molecule has 1 amide bonds. The monoisotopic (exact) mass is 169 g/mol. The second-order valence-corrected chi connectivity index (χ2v) is 4.18. The molecule has 0 radical (unpaired) electrons. The van der Waals surface area contributed by atoms with Crippen molar-refractivity contribution < 1.29 is 4.79 Å². The minimum absolute atomic E-state index is 0.146. The van der Waals surface area contributed by atoms with Gasteiger partial charge in [-0.15, -0.1) is 0 Å². The van der Waals surface area contributed by atoms with Gasteiger partial charge in [0, 0.05) is 18.0 Å². The first-order valence-corrected chi connectivity index (χ1v) is 4.86. The Morgan fingerprint density at radius 3 is 2.00 bits per heavy atom. The van der Waals surface area contributed by atoms with Crippen LogP contribution in [0.3, 0.4) is 0 Å². The fourth-order valence-corrected chi connectivity index (χ4v) is 1.93. The van der Waals surface area contributed by atoms with E-state index >= 15 is 0 Å². The van der Waals surface area contributed by atoms with Crippen molar-refractivity contribution in [2.24, 2.45) is 5.92 Å². The molecule has 0 saturated carbocycles. The van der Waals surface area contributed by atoms with Gasteiger partial charge >= 0.3 is 0 Å². The van der Waals surface area contributed by atoms with E-state index in [0.29, 0.717) is 18.0 Å². The molecule has 0 unspecified atom stereocenters. The Balaban J connectivity index is 2.66. The normalized spacial score (nSPS) is 29.9. The van der Waals surface area contributed by atoms with E-state index < -0.39 is 0 Å². The third-order valence-corrected chi connectivity index (χ3v) is 2.70. The minimum Gasteiger partial charge on any atom is -0.337 e. The van der Waals surface area contributed by atoms with Crippen molar-refractivity contribution in [3.63, 3.8) is 0 Å². The molecule has 1 heterocycles. The molecular formula is C10H19NO. The molecule has 1 saturated heterocycles. The van der Waals surface area contributed by atoms with Crippen molar-refractivity contribution in [3.05, 3.63) is 0 Å². The second-order valence-electron chi connectivity index (χ2n) is 4.18. The molecule has 1 rings (SSSR count). The molecule has 0 aromatic rings.